The van der Waals surface area contributed by atoms with Crippen LogP contribution in [0.15, 0.2) is 66.1 Å². The summed E-state index contributed by atoms with van der Waals surface area (Å²) in [5.74, 6) is -8.62. The number of benzene rings is 2. The lowest BCUT2D eigenvalue weighted by atomic mass is 9.83. The number of nitrogens with one attached hydrogen (secondary N) is 2. The van der Waals surface area contributed by atoms with Gasteiger partial charge in [0.05, 0.1) is 42.5 Å². The third-order valence-electron chi connectivity index (χ3n) is 9.09. The maximum absolute atomic E-state index is 14.2. The number of fused-ring (bicyclic) bond motifs is 1. The molecule has 0 heterocycles. The molecular weight excluding hydrogens is 692 g/mol. The highest BCUT2D eigenvalue weighted by atomic mass is 32.2. The van der Waals surface area contributed by atoms with Gasteiger partial charge in [0.15, 0.2) is 15.6 Å². The second kappa shape index (κ2) is 19.1. The summed E-state index contributed by atoms with van der Waals surface area (Å²) in [6.07, 6.45) is -0.260. The molecule has 0 bridgehead atoms. The Hall–Kier alpha value is -4.85. The van der Waals surface area contributed by atoms with Crippen LogP contribution >= 0.6 is 0 Å². The minimum atomic E-state index is -3.70. The summed E-state index contributed by atoms with van der Waals surface area (Å²) < 4.78 is 30.0. The van der Waals surface area contributed by atoms with Crippen molar-refractivity contribution in [1.29, 1.82) is 0 Å². The molecule has 0 radical (unpaired) electrons. The number of amides is 2. The minimum Gasteiger partial charge on any atom is -0.481 e. The zero-order valence-corrected chi connectivity index (χ0v) is 30.6. The summed E-state index contributed by atoms with van der Waals surface area (Å²) in [4.78, 5) is 77.5. The number of rotatable bonds is 20. The summed E-state index contributed by atoms with van der Waals surface area (Å²) >= 11 is 0. The molecule has 0 unspecified atom stereocenters. The molecule has 0 saturated carbocycles. The van der Waals surface area contributed by atoms with Crippen LogP contribution in [0.4, 0.5) is 0 Å². The molecule has 2 aromatic carbocycles. The van der Waals surface area contributed by atoms with Gasteiger partial charge in [0.25, 0.3) is 0 Å². The quantitative estimate of drug-likeness (QED) is 0.144. The number of hydrogen-bond donors (Lipinski definition) is 4. The van der Waals surface area contributed by atoms with Gasteiger partial charge in [-0.3, -0.25) is 28.8 Å². The number of ketones is 1. The molecule has 14 heteroatoms. The van der Waals surface area contributed by atoms with Crippen molar-refractivity contribution in [1.82, 2.24) is 10.6 Å². The van der Waals surface area contributed by atoms with Gasteiger partial charge in [-0.1, -0.05) is 74.5 Å². The van der Waals surface area contributed by atoms with Crippen LogP contribution in [0.3, 0.4) is 0 Å². The van der Waals surface area contributed by atoms with Gasteiger partial charge < -0.3 is 25.6 Å². The van der Waals surface area contributed by atoms with Gasteiger partial charge in [0, 0.05) is 17.7 Å². The summed E-state index contributed by atoms with van der Waals surface area (Å²) in [6.45, 7) is 6.25. The number of aliphatic carboxylic acids is 2. The third-order valence-corrected chi connectivity index (χ3v) is 10.9. The SMILES string of the molecule is CC(C)[C@H](CC(=O)[C@@H](NC(=O)[C@H](CC(=O)O)CC(=O)OCc1ccccc1)C1Cc2ccccc2C1)C(=O)N[C@H](/C=C/S(=O)(=O)C(C)C)CC(=O)O. The van der Waals surface area contributed by atoms with Crippen LogP contribution in [0.1, 0.15) is 70.1 Å². The Balaban J connectivity index is 1.84. The van der Waals surface area contributed by atoms with Crippen molar-refractivity contribution in [3.63, 3.8) is 0 Å². The number of carbonyl (C=O) groups is 6. The van der Waals surface area contributed by atoms with Crippen LogP contribution in [-0.2, 0) is 62.8 Å². The van der Waals surface area contributed by atoms with Gasteiger partial charge in [0.2, 0.25) is 11.8 Å². The Kier molecular flexibility index (Phi) is 15.3. The highest BCUT2D eigenvalue weighted by Gasteiger charge is 2.39. The number of carboxylic acids is 2. The first-order valence-electron chi connectivity index (χ1n) is 17.2. The van der Waals surface area contributed by atoms with Crippen molar-refractivity contribution >= 4 is 45.3 Å². The molecule has 0 aromatic heterocycles. The lowest BCUT2D eigenvalue weighted by Crippen LogP contribution is -2.50. The fourth-order valence-corrected chi connectivity index (χ4v) is 6.73. The number of hydrogen-bond acceptors (Lipinski definition) is 9. The Morgan fingerprint density at radius 2 is 1.37 bits per heavy atom. The summed E-state index contributed by atoms with van der Waals surface area (Å²) in [7, 11) is -3.70. The molecule has 1 aliphatic rings. The third kappa shape index (κ3) is 12.7. The van der Waals surface area contributed by atoms with Crippen molar-refractivity contribution in [2.24, 2.45) is 23.7 Å². The predicted molar refractivity (Wildman–Crippen MR) is 191 cm³/mol. The first kappa shape index (κ1) is 41.6. The zero-order chi connectivity index (χ0) is 38.6. The van der Waals surface area contributed by atoms with E-state index in [1.165, 1.54) is 13.8 Å². The van der Waals surface area contributed by atoms with Crippen LogP contribution in [0.25, 0.3) is 0 Å². The van der Waals surface area contributed by atoms with Gasteiger partial charge in [-0.15, -0.1) is 0 Å². The fraction of sp³-hybridized carbons (Fsp3) is 0.474. The van der Waals surface area contributed by atoms with E-state index >= 15 is 0 Å². The van der Waals surface area contributed by atoms with Crippen LogP contribution in [0.2, 0.25) is 0 Å². The standard InChI is InChI=1S/C38H48N2O11S/c1-23(2)31(38(48)39-30(20-34(44)45)14-15-52(49,50)24(3)4)21-32(41)36(28-16-26-12-8-9-13-27(26)17-28)40-37(47)29(18-33(42)43)19-35(46)51-22-25-10-6-5-7-11-25/h5-15,23-24,28-31,36H,16-22H2,1-4H3,(H,39,48)(H,40,47)(H,42,43)(H,44,45)/b15-14+/t29-,30-,31+,36+/m1/s1. The summed E-state index contributed by atoms with van der Waals surface area (Å²) in [5.41, 5.74) is 2.66. The van der Waals surface area contributed by atoms with Gasteiger partial charge in [-0.05, 0) is 55.2 Å². The van der Waals surface area contributed by atoms with Crippen molar-refractivity contribution in [2.75, 3.05) is 0 Å². The van der Waals surface area contributed by atoms with E-state index in [-0.39, 0.29) is 13.0 Å². The number of Topliss-reactive ketones (excluding diaryl/α,β-unsaturated/α-hetero) is 1. The second-order valence-electron chi connectivity index (χ2n) is 13.8. The van der Waals surface area contributed by atoms with Crippen LogP contribution in [0.5, 0.6) is 0 Å². The monoisotopic (exact) mass is 740 g/mol. The summed E-state index contributed by atoms with van der Waals surface area (Å²) in [5, 5.41) is 24.4. The van der Waals surface area contributed by atoms with E-state index in [4.69, 9.17) is 4.74 Å². The summed E-state index contributed by atoms with van der Waals surface area (Å²) in [6, 6.07) is 14.0. The Morgan fingerprint density at radius 1 is 0.788 bits per heavy atom. The van der Waals surface area contributed by atoms with Gasteiger partial charge in [-0.25, -0.2) is 8.42 Å². The average Bonchev–Trinajstić information content (AvgIpc) is 3.51. The molecule has 0 fully saturated rings. The molecule has 2 aromatic rings. The van der Waals surface area contributed by atoms with Crippen LogP contribution < -0.4 is 10.6 Å². The average molecular weight is 741 g/mol. The van der Waals surface area contributed by atoms with E-state index < -0.39 is 106 Å². The lowest BCUT2D eigenvalue weighted by Gasteiger charge is -2.28. The van der Waals surface area contributed by atoms with Gasteiger partial charge in [-0.2, -0.15) is 0 Å². The van der Waals surface area contributed by atoms with E-state index in [0.717, 1.165) is 22.6 Å². The van der Waals surface area contributed by atoms with Crippen molar-refractivity contribution in [3.05, 3.63) is 82.8 Å². The lowest BCUT2D eigenvalue weighted by molar-refractivity contribution is -0.150. The molecule has 52 heavy (non-hydrogen) atoms. The van der Waals surface area contributed by atoms with E-state index in [1.807, 2.05) is 24.3 Å². The molecule has 4 N–H and O–H groups in total. The Bertz CT molecular complexity index is 1710. The van der Waals surface area contributed by atoms with Gasteiger partial charge in [0.1, 0.15) is 6.61 Å². The number of ether oxygens (including phenoxy) is 1. The van der Waals surface area contributed by atoms with Crippen LogP contribution in [-0.4, -0.2) is 71.5 Å². The molecule has 282 valence electrons. The molecule has 0 spiro atoms. The van der Waals surface area contributed by atoms with Crippen LogP contribution in [0, 0.1) is 23.7 Å². The molecule has 3 rings (SSSR count). The molecule has 0 saturated heterocycles. The molecule has 1 aliphatic carbocycles. The first-order valence-corrected chi connectivity index (χ1v) is 18.8. The van der Waals surface area contributed by atoms with E-state index in [9.17, 15) is 47.4 Å². The van der Waals surface area contributed by atoms with E-state index in [1.54, 1.807) is 44.2 Å². The van der Waals surface area contributed by atoms with Crippen molar-refractivity contribution in [3.8, 4) is 0 Å². The van der Waals surface area contributed by atoms with Crippen molar-refractivity contribution in [2.45, 2.75) is 90.2 Å². The molecule has 2 amide bonds. The molecule has 0 aliphatic heterocycles. The number of esters is 1. The van der Waals surface area contributed by atoms with E-state index in [2.05, 4.69) is 10.6 Å². The number of carbonyl (C=O) groups excluding carboxylic acids is 4. The number of carboxylic acid groups (broad SMARTS) is 2. The Labute approximate surface area is 304 Å². The smallest absolute Gasteiger partial charge is 0.306 e. The molecule has 13 nitrogen and oxygen atoms in total. The first-order chi connectivity index (χ1) is 24.5. The van der Waals surface area contributed by atoms with Gasteiger partial charge >= 0.3 is 17.9 Å². The van der Waals surface area contributed by atoms with E-state index in [0.29, 0.717) is 18.4 Å². The minimum absolute atomic E-state index is 0.0716. The maximum Gasteiger partial charge on any atom is 0.306 e. The Morgan fingerprint density at radius 3 is 1.90 bits per heavy atom. The molecule has 4 atom stereocenters. The normalized spacial score (nSPS) is 15.4. The number of sulfone groups is 1. The fourth-order valence-electron chi connectivity index (χ4n) is 6.01. The maximum atomic E-state index is 14.2. The van der Waals surface area contributed by atoms with Crippen molar-refractivity contribution < 1.29 is 52.1 Å². The topological polar surface area (TPSA) is 210 Å². The highest BCUT2D eigenvalue weighted by Crippen LogP contribution is 2.31. The second-order valence-corrected chi connectivity index (χ2v) is 16.2. The predicted octanol–water partition coefficient (Wildman–Crippen LogP) is 3.64. The molecular formula is C38H48N2O11S. The zero-order valence-electron chi connectivity index (χ0n) is 29.8. The largest absolute Gasteiger partial charge is 0.481 e. The highest BCUT2D eigenvalue weighted by molar-refractivity contribution is 7.94.